The molecule has 17 nitrogen and oxygen atoms in total. The summed E-state index contributed by atoms with van der Waals surface area (Å²) >= 11 is 12.0. The number of unbranched alkanes of at least 4 members (excludes halogenated alkanes) is 3. The number of fused-ring (bicyclic) bond motifs is 3. The van der Waals surface area contributed by atoms with Crippen molar-refractivity contribution in [3.05, 3.63) is 93.1 Å². The van der Waals surface area contributed by atoms with Gasteiger partial charge < -0.3 is 31.1 Å². The largest absolute Gasteiger partial charge is 0.350 e. The Morgan fingerprint density at radius 3 is 1.39 bits per heavy atom. The third-order valence-electron chi connectivity index (χ3n) is 14.8. The number of rotatable bonds is 22. The average Bonchev–Trinajstić information content (AvgIpc) is 3.73. The van der Waals surface area contributed by atoms with E-state index in [1.54, 1.807) is 9.91 Å². The number of halogens is 3. The van der Waals surface area contributed by atoms with Crippen LogP contribution in [0.2, 0.25) is 23.9 Å². The molecule has 5 aromatic rings. The minimum atomic E-state index is -2.21. The van der Waals surface area contributed by atoms with E-state index in [-0.39, 0.29) is 58.0 Å². The maximum absolute atomic E-state index is 12.4. The molecular weight excluding hydrogens is 1370 g/mol. The molecule has 5 heterocycles. The van der Waals surface area contributed by atoms with Crippen LogP contribution >= 0.6 is 45.8 Å². The van der Waals surface area contributed by atoms with Crippen molar-refractivity contribution in [2.24, 2.45) is 0 Å². The number of pyridine rings is 2. The number of likely N-dealkylation sites (N-methyl/N-ethyl adjacent to an activating group) is 2. The zero-order valence-corrected chi connectivity index (χ0v) is 62.4. The SMILES string of the molecule is CC(C)(C)NC(=O)CNc1nc(Cl)nc2c1CCC2.CCC[CH2][Sn]([CH2]CCC)([CH2]CCC)[c]1ccccn1.CCI.CCN(CC(=O)NC(C)(C)C)c1nc(-c2ccccn2)nc2c1CCC2.CCN(CC(=O)NC(C)(C)C)c1nc(Cl)nc2c1CCC2. The maximum atomic E-state index is 12.4. The third kappa shape index (κ3) is 26.0. The molecule has 0 saturated heterocycles. The van der Waals surface area contributed by atoms with Crippen molar-refractivity contribution in [1.82, 2.24) is 55.8 Å². The Morgan fingerprint density at radius 1 is 0.534 bits per heavy atom. The van der Waals surface area contributed by atoms with Gasteiger partial charge >= 0.3 is 124 Å². The fourth-order valence-electron chi connectivity index (χ4n) is 11.0. The molecule has 4 N–H and O–H groups in total. The Labute approximate surface area is 556 Å². The van der Waals surface area contributed by atoms with Gasteiger partial charge in [-0.3, -0.25) is 19.4 Å². The van der Waals surface area contributed by atoms with Gasteiger partial charge in [0.1, 0.15) is 23.1 Å². The Kier molecular flexibility index (Phi) is 32.5. The monoisotopic (exact) mass is 1470 g/mol. The second-order valence-corrected chi connectivity index (χ2v) is 41.2. The fraction of sp³-hybridized carbons (Fsp3) is 0.627. The van der Waals surface area contributed by atoms with Crippen LogP contribution in [0.5, 0.6) is 0 Å². The number of alkyl halides is 1. The fourth-order valence-corrected chi connectivity index (χ4v) is 26.8. The van der Waals surface area contributed by atoms with E-state index in [0.29, 0.717) is 31.3 Å². The Hall–Kier alpha value is -4.54. The molecule has 0 radical (unpaired) electrons. The molecule has 5 aromatic heterocycles. The van der Waals surface area contributed by atoms with Gasteiger partial charge in [-0.15, -0.1) is 0 Å². The summed E-state index contributed by atoms with van der Waals surface area (Å²) < 4.78 is 7.32. The zero-order valence-electron chi connectivity index (χ0n) is 55.9. The molecule has 0 spiro atoms. The summed E-state index contributed by atoms with van der Waals surface area (Å²) in [6, 6.07) is 12.4. The average molecular weight is 1470 g/mol. The molecule has 3 aliphatic carbocycles. The molecule has 21 heteroatoms. The van der Waals surface area contributed by atoms with Crippen molar-refractivity contribution < 1.29 is 14.4 Å². The third-order valence-corrected chi connectivity index (χ3v) is 30.3. The molecule has 0 atom stereocenters. The van der Waals surface area contributed by atoms with Crippen LogP contribution in [-0.4, -0.2) is 130 Å². The van der Waals surface area contributed by atoms with Crippen LogP contribution in [0.4, 0.5) is 17.5 Å². The first-order valence-corrected chi connectivity index (χ1v) is 42.0. The van der Waals surface area contributed by atoms with E-state index in [9.17, 15) is 14.4 Å². The molecule has 0 unspecified atom stereocenters. The number of carbonyl (C=O) groups excluding carboxylic acids is 3. The minimum Gasteiger partial charge on any atom is -0.350 e. The number of nitrogens with zero attached hydrogens (tertiary/aromatic N) is 10. The van der Waals surface area contributed by atoms with Gasteiger partial charge in [-0.2, -0.15) is 0 Å². The van der Waals surface area contributed by atoms with Crippen LogP contribution in [-0.2, 0) is 52.9 Å². The molecule has 0 saturated carbocycles. The molecule has 0 aromatic carbocycles. The summed E-state index contributed by atoms with van der Waals surface area (Å²) in [5, 5.41) is 12.5. The second-order valence-electron chi connectivity index (χ2n) is 25.9. The van der Waals surface area contributed by atoms with Gasteiger partial charge in [0.2, 0.25) is 28.3 Å². The van der Waals surface area contributed by atoms with Crippen molar-refractivity contribution in [2.45, 2.75) is 230 Å². The van der Waals surface area contributed by atoms with Gasteiger partial charge in [0, 0.05) is 58.3 Å². The van der Waals surface area contributed by atoms with Gasteiger partial charge in [-0.1, -0.05) is 35.6 Å². The number of hydrogen-bond acceptors (Lipinski definition) is 14. The van der Waals surface area contributed by atoms with Gasteiger partial charge in [-0.05, 0) is 174 Å². The second kappa shape index (κ2) is 37.7. The van der Waals surface area contributed by atoms with Crippen LogP contribution in [0.25, 0.3) is 11.5 Å². The Balaban J connectivity index is 0.000000249. The maximum Gasteiger partial charge on any atom is 0.239 e. The molecule has 3 aliphatic rings. The summed E-state index contributed by atoms with van der Waals surface area (Å²) in [6.07, 6.45) is 20.9. The Bertz CT molecular complexity index is 2920. The van der Waals surface area contributed by atoms with E-state index in [1.807, 2.05) is 110 Å². The van der Waals surface area contributed by atoms with Crippen LogP contribution in [0.1, 0.15) is 195 Å². The first-order chi connectivity index (χ1) is 41.7. The van der Waals surface area contributed by atoms with E-state index >= 15 is 0 Å². The van der Waals surface area contributed by atoms with Crippen molar-refractivity contribution in [3.63, 3.8) is 0 Å². The van der Waals surface area contributed by atoms with E-state index in [4.69, 9.17) is 38.2 Å². The molecule has 0 bridgehead atoms. The molecule has 0 fully saturated rings. The van der Waals surface area contributed by atoms with Gasteiger partial charge in [0.25, 0.3) is 0 Å². The van der Waals surface area contributed by atoms with E-state index in [0.717, 1.165) is 103 Å². The number of amides is 3. The Morgan fingerprint density at radius 2 is 0.955 bits per heavy atom. The first-order valence-electron chi connectivity index (χ1n) is 32.3. The van der Waals surface area contributed by atoms with Crippen LogP contribution in [0.15, 0.2) is 48.8 Å². The van der Waals surface area contributed by atoms with E-state index < -0.39 is 18.4 Å². The van der Waals surface area contributed by atoms with Crippen molar-refractivity contribution >= 4 is 103 Å². The quantitative estimate of drug-likeness (QED) is 0.0220. The molecule has 486 valence electrons. The normalized spacial score (nSPS) is 13.1. The van der Waals surface area contributed by atoms with Crippen LogP contribution < -0.4 is 34.8 Å². The predicted molar refractivity (Wildman–Crippen MR) is 377 cm³/mol. The molecule has 0 aliphatic heterocycles. The van der Waals surface area contributed by atoms with Crippen molar-refractivity contribution in [3.8, 4) is 11.5 Å². The standard InChI is InChI=1S/C20H27N5O.C15H23ClN4O.C13H19ClN4O.C5H4N.3C4H9.C2H5I.Sn/c1-5-25(13-17(26)24-20(2,3)4)19-14-9-8-11-15(14)22-18(23-19)16-10-6-7-12-21-16;1-5-20(9-12(21)19-15(2,3)4)13-10-7-6-8-11(10)17-14(16)18-13;1-13(2,3)18-10(19)7-15-11-8-5-4-6-9(8)16-12(14)17-11;1-2-4-6-5-3-1;3*1-3-4-2;1-2-3;/h6-7,10,12H,5,8-9,11,13H2,1-4H3,(H,24,26);5-9H2,1-4H3,(H,19,21);4-7H2,1-3H3,(H,18,19)(H,15,16,17);1-4H;3*1,3-4H2,2H3;2H2,1H3;. The number of anilines is 3. The molecule has 3 amide bonds. The summed E-state index contributed by atoms with van der Waals surface area (Å²) in [6.45, 7) is 33.1. The molecule has 88 heavy (non-hydrogen) atoms. The summed E-state index contributed by atoms with van der Waals surface area (Å²) in [4.78, 5) is 76.2. The molecule has 8 rings (SSSR count). The van der Waals surface area contributed by atoms with E-state index in [2.05, 4.69) is 115 Å². The minimum absolute atomic E-state index is 0.00379. The topological polar surface area (TPSA) is 209 Å². The summed E-state index contributed by atoms with van der Waals surface area (Å²) in [5.74, 6) is 2.95. The van der Waals surface area contributed by atoms with Gasteiger partial charge in [-0.25, -0.2) is 29.9 Å². The smallest absolute Gasteiger partial charge is 0.239 e. The van der Waals surface area contributed by atoms with E-state index in [1.165, 1.54) is 61.8 Å². The molecular formula is C67H105Cl2IN14O3Sn. The predicted octanol–water partition coefficient (Wildman–Crippen LogP) is 13.7. The van der Waals surface area contributed by atoms with Gasteiger partial charge in [0.05, 0.1) is 31.0 Å². The number of nitrogens with one attached hydrogen (secondary N) is 4. The van der Waals surface area contributed by atoms with Crippen molar-refractivity contribution in [1.29, 1.82) is 0 Å². The van der Waals surface area contributed by atoms with Crippen LogP contribution in [0, 0.1) is 0 Å². The summed E-state index contributed by atoms with van der Waals surface area (Å²) in [5.41, 5.74) is 6.57. The number of hydrogen-bond donors (Lipinski definition) is 4. The zero-order chi connectivity index (χ0) is 65.1. The van der Waals surface area contributed by atoms with Gasteiger partial charge in [0.15, 0.2) is 5.82 Å². The first kappa shape index (κ1) is 75.9. The number of aryl methyl sites for hydroxylation is 3. The number of carbonyl (C=O) groups is 3. The summed E-state index contributed by atoms with van der Waals surface area (Å²) in [7, 11) is 0. The number of aromatic nitrogens is 8. The van der Waals surface area contributed by atoms with Crippen LogP contribution in [0.3, 0.4) is 0 Å². The van der Waals surface area contributed by atoms with Crippen molar-refractivity contribution in [2.75, 3.05) is 52.3 Å².